The van der Waals surface area contributed by atoms with Gasteiger partial charge in [-0.25, -0.2) is 8.42 Å². The molecule has 1 N–H and O–H groups in total. The van der Waals surface area contributed by atoms with Gasteiger partial charge in [0.15, 0.2) is 9.84 Å². The molecule has 1 aromatic carbocycles. The molecular formula is C22H29N3O5S. The molecule has 0 aliphatic carbocycles. The molecule has 168 valence electrons. The molecule has 3 aliphatic rings. The van der Waals surface area contributed by atoms with Gasteiger partial charge in [0, 0.05) is 43.7 Å². The molecule has 0 spiro atoms. The average Bonchev–Trinajstić information content (AvgIpc) is 3.29. The number of amides is 3. The molecule has 3 heterocycles. The first-order valence-corrected chi connectivity index (χ1v) is 12.7. The minimum atomic E-state index is -3.03. The monoisotopic (exact) mass is 447 g/mol. The van der Waals surface area contributed by atoms with Crippen LogP contribution < -0.4 is 10.2 Å². The number of nitrogens with zero attached hydrogens (tertiary/aromatic N) is 2. The van der Waals surface area contributed by atoms with Gasteiger partial charge in [0.25, 0.3) is 0 Å². The Morgan fingerprint density at radius 1 is 1.03 bits per heavy atom. The summed E-state index contributed by atoms with van der Waals surface area (Å²) >= 11 is 0. The Morgan fingerprint density at radius 2 is 1.71 bits per heavy atom. The van der Waals surface area contributed by atoms with Crippen LogP contribution in [0.1, 0.15) is 31.2 Å². The van der Waals surface area contributed by atoms with Crippen LogP contribution in [0.25, 0.3) is 0 Å². The second kappa shape index (κ2) is 8.61. The maximum atomic E-state index is 13.0. The first-order chi connectivity index (χ1) is 14.7. The number of hydrogen-bond acceptors (Lipinski definition) is 5. The van der Waals surface area contributed by atoms with E-state index in [0.717, 1.165) is 11.3 Å². The van der Waals surface area contributed by atoms with Gasteiger partial charge in [0.2, 0.25) is 17.7 Å². The molecule has 1 aromatic rings. The second-order valence-electron chi connectivity index (χ2n) is 8.95. The third-order valence-electron chi connectivity index (χ3n) is 6.58. The van der Waals surface area contributed by atoms with E-state index in [2.05, 4.69) is 5.32 Å². The molecule has 9 heteroatoms. The predicted octanol–water partition coefficient (Wildman–Crippen LogP) is 0.890. The van der Waals surface area contributed by atoms with Crippen LogP contribution in [0.3, 0.4) is 0 Å². The van der Waals surface area contributed by atoms with Gasteiger partial charge in [-0.3, -0.25) is 14.4 Å². The summed E-state index contributed by atoms with van der Waals surface area (Å²) in [5, 5.41) is 2.86. The molecule has 31 heavy (non-hydrogen) atoms. The molecule has 3 amide bonds. The van der Waals surface area contributed by atoms with Crippen LogP contribution in [0.5, 0.6) is 0 Å². The van der Waals surface area contributed by atoms with Gasteiger partial charge in [0.05, 0.1) is 17.4 Å². The van der Waals surface area contributed by atoms with Gasteiger partial charge in [0.1, 0.15) is 0 Å². The van der Waals surface area contributed by atoms with E-state index in [4.69, 9.17) is 0 Å². The van der Waals surface area contributed by atoms with Gasteiger partial charge in [-0.2, -0.15) is 0 Å². The summed E-state index contributed by atoms with van der Waals surface area (Å²) in [5.41, 5.74) is 1.93. The van der Waals surface area contributed by atoms with Gasteiger partial charge in [-0.15, -0.1) is 0 Å². The summed E-state index contributed by atoms with van der Waals surface area (Å²) in [6.07, 6.45) is 1.79. The van der Waals surface area contributed by atoms with Crippen molar-refractivity contribution in [3.63, 3.8) is 0 Å². The van der Waals surface area contributed by atoms with Crippen molar-refractivity contribution in [2.45, 2.75) is 38.6 Å². The van der Waals surface area contributed by atoms with Gasteiger partial charge in [-0.05, 0) is 38.3 Å². The zero-order valence-electron chi connectivity index (χ0n) is 17.7. The summed E-state index contributed by atoms with van der Waals surface area (Å²) in [4.78, 5) is 41.4. The van der Waals surface area contributed by atoms with Crippen molar-refractivity contribution in [1.82, 2.24) is 10.2 Å². The fourth-order valence-corrected chi connectivity index (χ4v) is 6.37. The fraction of sp³-hybridized carbons (Fsp3) is 0.591. The van der Waals surface area contributed by atoms with Gasteiger partial charge >= 0.3 is 0 Å². The van der Waals surface area contributed by atoms with Crippen molar-refractivity contribution in [3.05, 3.63) is 29.8 Å². The molecule has 0 saturated carbocycles. The minimum absolute atomic E-state index is 0.0171. The molecule has 0 aromatic heterocycles. The Labute approximate surface area is 182 Å². The first kappa shape index (κ1) is 21.8. The Kier molecular flexibility index (Phi) is 6.05. The van der Waals surface area contributed by atoms with Crippen molar-refractivity contribution in [2.75, 3.05) is 36.0 Å². The Balaban J connectivity index is 1.28. The Hall–Kier alpha value is -2.42. The molecule has 0 unspecified atom stereocenters. The van der Waals surface area contributed by atoms with Crippen molar-refractivity contribution < 1.29 is 22.8 Å². The zero-order valence-corrected chi connectivity index (χ0v) is 18.6. The molecule has 3 fully saturated rings. The first-order valence-electron chi connectivity index (χ1n) is 10.9. The number of likely N-dealkylation sites (tertiary alicyclic amines) is 1. The molecule has 2 atom stereocenters. The van der Waals surface area contributed by atoms with Crippen molar-refractivity contribution >= 4 is 33.2 Å². The zero-order chi connectivity index (χ0) is 22.2. The van der Waals surface area contributed by atoms with Crippen molar-refractivity contribution in [3.8, 4) is 0 Å². The summed E-state index contributed by atoms with van der Waals surface area (Å²) in [6.45, 7) is 3.34. The summed E-state index contributed by atoms with van der Waals surface area (Å²) in [7, 11) is -3.03. The molecule has 8 nitrogen and oxygen atoms in total. The Morgan fingerprint density at radius 3 is 2.32 bits per heavy atom. The van der Waals surface area contributed by atoms with Crippen molar-refractivity contribution in [2.24, 2.45) is 11.8 Å². The quantitative estimate of drug-likeness (QED) is 0.738. The number of carbonyl (C=O) groups is 3. The molecule has 3 saturated heterocycles. The van der Waals surface area contributed by atoms with Crippen LogP contribution in [0.15, 0.2) is 24.3 Å². The SMILES string of the molecule is Cc1ccc(N2C[C@@H](C(=O)N3CCC(C(=O)N[C@H]4CCS(=O)(=O)C4)CC3)CC2=O)cc1. The fourth-order valence-electron chi connectivity index (χ4n) is 4.70. The molecule has 3 aliphatic heterocycles. The summed E-state index contributed by atoms with van der Waals surface area (Å²) in [6, 6.07) is 7.41. The number of benzene rings is 1. The van der Waals surface area contributed by atoms with E-state index in [1.165, 1.54) is 0 Å². The largest absolute Gasteiger partial charge is 0.352 e. The van der Waals surface area contributed by atoms with Crippen LogP contribution in [0, 0.1) is 18.8 Å². The van der Waals surface area contributed by atoms with E-state index in [-0.39, 0.29) is 53.5 Å². The number of anilines is 1. The number of carbonyl (C=O) groups excluding carboxylic acids is 3. The normalized spacial score (nSPS) is 26.3. The summed E-state index contributed by atoms with van der Waals surface area (Å²) in [5.74, 6) is -0.597. The lowest BCUT2D eigenvalue weighted by atomic mass is 9.94. The number of piperidine rings is 1. The number of sulfone groups is 1. The standard InChI is InChI=1S/C22H29N3O5S/c1-15-2-4-19(5-3-15)25-13-17(12-20(25)26)22(28)24-9-6-16(7-10-24)21(27)23-18-8-11-31(29,30)14-18/h2-5,16-18H,6-14H2,1H3,(H,23,27)/t17-,18-/m0/s1. The van der Waals surface area contributed by atoms with E-state index >= 15 is 0 Å². The van der Waals surface area contributed by atoms with Gasteiger partial charge in [-0.1, -0.05) is 17.7 Å². The van der Waals surface area contributed by atoms with E-state index in [0.29, 0.717) is 38.9 Å². The number of hydrogen-bond donors (Lipinski definition) is 1. The maximum absolute atomic E-state index is 13.0. The molecule has 0 radical (unpaired) electrons. The van der Waals surface area contributed by atoms with E-state index in [9.17, 15) is 22.8 Å². The third kappa shape index (κ3) is 4.92. The minimum Gasteiger partial charge on any atom is -0.352 e. The van der Waals surface area contributed by atoms with E-state index < -0.39 is 9.84 Å². The van der Waals surface area contributed by atoms with Crippen LogP contribution in [-0.2, 0) is 24.2 Å². The highest BCUT2D eigenvalue weighted by molar-refractivity contribution is 7.91. The predicted molar refractivity (Wildman–Crippen MR) is 116 cm³/mol. The van der Waals surface area contributed by atoms with E-state index in [1.807, 2.05) is 31.2 Å². The van der Waals surface area contributed by atoms with Gasteiger partial charge < -0.3 is 15.1 Å². The van der Waals surface area contributed by atoms with E-state index in [1.54, 1.807) is 9.80 Å². The lowest BCUT2D eigenvalue weighted by Gasteiger charge is -2.33. The topological polar surface area (TPSA) is 104 Å². The molecular weight excluding hydrogens is 418 g/mol. The highest BCUT2D eigenvalue weighted by atomic mass is 32.2. The highest BCUT2D eigenvalue weighted by Crippen LogP contribution is 2.28. The highest BCUT2D eigenvalue weighted by Gasteiger charge is 2.39. The third-order valence-corrected chi connectivity index (χ3v) is 8.34. The van der Waals surface area contributed by atoms with Crippen LogP contribution in [0.2, 0.25) is 0 Å². The average molecular weight is 448 g/mol. The smallest absolute Gasteiger partial charge is 0.228 e. The maximum Gasteiger partial charge on any atom is 0.228 e. The lowest BCUT2D eigenvalue weighted by Crippen LogP contribution is -2.47. The lowest BCUT2D eigenvalue weighted by molar-refractivity contribution is -0.139. The van der Waals surface area contributed by atoms with Crippen LogP contribution >= 0.6 is 0 Å². The number of nitrogens with one attached hydrogen (secondary N) is 1. The number of rotatable bonds is 4. The van der Waals surface area contributed by atoms with Crippen LogP contribution in [0.4, 0.5) is 5.69 Å². The van der Waals surface area contributed by atoms with Crippen molar-refractivity contribution in [1.29, 1.82) is 0 Å². The summed E-state index contributed by atoms with van der Waals surface area (Å²) < 4.78 is 23.1. The Bertz CT molecular complexity index is 967. The number of aryl methyl sites for hydroxylation is 1. The molecule has 0 bridgehead atoms. The molecule has 4 rings (SSSR count). The second-order valence-corrected chi connectivity index (χ2v) is 11.2. The van der Waals surface area contributed by atoms with Crippen LogP contribution in [-0.4, -0.2) is 68.2 Å².